The van der Waals surface area contributed by atoms with Gasteiger partial charge in [-0.2, -0.15) is 0 Å². The number of allylic oxidation sites excluding steroid dienone is 6. The number of rotatable bonds is 26. The Morgan fingerprint density at radius 2 is 0.936 bits per heavy atom. The van der Waals surface area contributed by atoms with Gasteiger partial charge in [-0.1, -0.05) is 146 Å². The molecule has 0 aliphatic rings. The summed E-state index contributed by atoms with van der Waals surface area (Å²) in [6.45, 7) is 9.07. The number of aliphatic imine (C=N–C) groups is 2. The molecule has 47 heavy (non-hydrogen) atoms. The van der Waals surface area contributed by atoms with Crippen molar-refractivity contribution in [3.63, 3.8) is 0 Å². The Morgan fingerprint density at radius 1 is 0.489 bits per heavy atom. The van der Waals surface area contributed by atoms with Crippen molar-refractivity contribution in [2.24, 2.45) is 9.98 Å². The summed E-state index contributed by atoms with van der Waals surface area (Å²) in [6.07, 6.45) is 37.5. The van der Waals surface area contributed by atoms with Crippen molar-refractivity contribution in [3.8, 4) is 0 Å². The number of unbranched alkanes of at least 4 members (excludes halogenated alkanes) is 11. The van der Waals surface area contributed by atoms with Crippen LogP contribution in [-0.2, 0) is 33.3 Å². The van der Waals surface area contributed by atoms with E-state index in [-0.39, 0.29) is 20.4 Å². The van der Waals surface area contributed by atoms with E-state index in [2.05, 4.69) is 113 Å². The van der Waals surface area contributed by atoms with Crippen LogP contribution in [0.2, 0.25) is 0 Å². The Hall–Kier alpha value is -2.34. The molecule has 2 nitrogen and oxygen atoms in total. The minimum atomic E-state index is 0. The number of hydrogen-bond acceptors (Lipinski definition) is 2. The summed E-state index contributed by atoms with van der Waals surface area (Å²) in [5.74, 6) is 0. The van der Waals surface area contributed by atoms with Gasteiger partial charge in [0.05, 0.1) is 22.8 Å². The van der Waals surface area contributed by atoms with Gasteiger partial charge in [-0.25, -0.2) is 4.99 Å². The van der Waals surface area contributed by atoms with Crippen molar-refractivity contribution in [2.45, 2.75) is 156 Å². The van der Waals surface area contributed by atoms with Crippen molar-refractivity contribution in [1.82, 2.24) is 0 Å². The Bertz CT molecular complexity index is 1200. The number of nitrogens with zero attached hydrogens (tertiary/aromatic N) is 2. The number of benzene rings is 2. The average molecular weight is 729 g/mol. The number of para-hydroxylation sites is 2. The van der Waals surface area contributed by atoms with Crippen LogP contribution in [0.5, 0.6) is 0 Å². The third-order valence-electron chi connectivity index (χ3n) is 8.46. The molecule has 0 aromatic heterocycles. The van der Waals surface area contributed by atoms with E-state index in [0.29, 0.717) is 0 Å². The van der Waals surface area contributed by atoms with Crippen molar-refractivity contribution in [1.29, 1.82) is 0 Å². The Balaban J connectivity index is 0.0000110. The predicted octanol–water partition coefficient (Wildman–Crippen LogP) is 14.4. The van der Waals surface area contributed by atoms with Crippen molar-refractivity contribution in [3.05, 3.63) is 96.1 Å². The van der Waals surface area contributed by atoms with Crippen molar-refractivity contribution in [2.75, 3.05) is 0 Å². The molecule has 0 atom stereocenters. The maximum absolute atomic E-state index is 5.43. The second-order valence-electron chi connectivity index (χ2n) is 12.7. The van der Waals surface area contributed by atoms with Crippen LogP contribution in [0.25, 0.3) is 0 Å². The first-order valence-electron chi connectivity index (χ1n) is 19.0. The fraction of sp³-hybridized carbons (Fsp3) is 0.545. The zero-order chi connectivity index (χ0) is 32.9. The molecule has 0 spiro atoms. The maximum atomic E-state index is 5.43. The molecule has 0 N–H and O–H groups in total. The normalized spacial score (nSPS) is 12.5. The molecule has 0 radical (unpaired) electrons. The van der Waals surface area contributed by atoms with Crippen molar-refractivity contribution < 1.29 is 20.4 Å². The molecular weight excluding hydrogens is 663 g/mol. The number of aryl methyl sites for hydroxylation is 2. The van der Waals surface area contributed by atoms with E-state index < -0.39 is 0 Å². The third-order valence-corrected chi connectivity index (χ3v) is 8.46. The van der Waals surface area contributed by atoms with E-state index in [9.17, 15) is 0 Å². The molecule has 0 fully saturated rings. The molecule has 0 saturated carbocycles. The van der Waals surface area contributed by atoms with E-state index in [4.69, 9.17) is 9.98 Å². The van der Waals surface area contributed by atoms with Crippen LogP contribution in [0.3, 0.4) is 0 Å². The molecule has 0 amide bonds. The third kappa shape index (κ3) is 19.9. The summed E-state index contributed by atoms with van der Waals surface area (Å²) in [5, 5.41) is 0. The molecule has 2 aromatic rings. The van der Waals surface area contributed by atoms with Crippen LogP contribution in [0.4, 0.5) is 11.4 Å². The zero-order valence-corrected chi connectivity index (χ0v) is 32.0. The molecule has 0 aliphatic heterocycles. The van der Waals surface area contributed by atoms with Gasteiger partial charge < -0.3 is 0 Å². The summed E-state index contributed by atoms with van der Waals surface area (Å²) in [6, 6.07) is 17.5. The molecular formula is C44H66N2Pd. The van der Waals surface area contributed by atoms with Gasteiger partial charge in [-0.05, 0) is 106 Å². The topological polar surface area (TPSA) is 24.7 Å². The van der Waals surface area contributed by atoms with Crippen LogP contribution < -0.4 is 0 Å². The van der Waals surface area contributed by atoms with Gasteiger partial charge in [-0.15, -0.1) is 0 Å². The van der Waals surface area contributed by atoms with Gasteiger partial charge in [0.1, 0.15) is 0 Å². The van der Waals surface area contributed by atoms with Gasteiger partial charge in [0.2, 0.25) is 0 Å². The van der Waals surface area contributed by atoms with Crippen LogP contribution in [-0.4, -0.2) is 11.4 Å². The molecule has 3 heteroatoms. The molecule has 0 bridgehead atoms. The fourth-order valence-corrected chi connectivity index (χ4v) is 5.56. The Labute approximate surface area is 304 Å². The van der Waals surface area contributed by atoms with Gasteiger partial charge in [-0.3, -0.25) is 4.99 Å². The fourth-order valence-electron chi connectivity index (χ4n) is 5.56. The van der Waals surface area contributed by atoms with Gasteiger partial charge in [0, 0.05) is 20.4 Å². The van der Waals surface area contributed by atoms with E-state index in [1.165, 1.54) is 81.8 Å². The average Bonchev–Trinajstić information content (AvgIpc) is 3.07. The molecule has 262 valence electrons. The smallest absolute Gasteiger partial charge is 0.0848 e. The molecule has 2 aromatic carbocycles. The standard InChI is InChI=1S/C44H66N2.Pd/c1-5-9-13-16-18-21-24-31-39-33-27-29-35-41(39)45-43(37-23-12-8-4)44(38-26-20-15-11-7-3)46-42-36-30-28-34-40(42)32-25-22-19-17-14-10-6-2;/h16-19,26-30,33-36,38H,5-15,20-25,31-32,37H2,1-4H3;/b18-16+,19-17+,38-26?,45-43?,46-44?;. The maximum Gasteiger partial charge on any atom is 0.0848 e. The van der Waals surface area contributed by atoms with E-state index in [0.717, 1.165) is 80.6 Å². The molecule has 0 saturated heterocycles. The van der Waals surface area contributed by atoms with Crippen LogP contribution in [0.1, 0.15) is 154 Å². The SMILES string of the molecule is CCCC/C=C/CCCc1ccccc1N=C(C=CCCCCC)C(CCCCC)=Nc1ccccc1CCC/C=C/CCCC.[Pd]. The van der Waals surface area contributed by atoms with Gasteiger partial charge in [0.25, 0.3) is 0 Å². The summed E-state index contributed by atoms with van der Waals surface area (Å²) in [4.78, 5) is 10.8. The number of hydrogen-bond donors (Lipinski definition) is 0. The zero-order valence-electron chi connectivity index (χ0n) is 30.4. The first kappa shape index (κ1) is 42.7. The van der Waals surface area contributed by atoms with Crippen LogP contribution in [0, 0.1) is 0 Å². The van der Waals surface area contributed by atoms with Gasteiger partial charge in [0.15, 0.2) is 0 Å². The largest absolute Gasteiger partial charge is 0.251 e. The molecule has 0 aliphatic carbocycles. The second kappa shape index (κ2) is 29.8. The van der Waals surface area contributed by atoms with E-state index in [1.807, 2.05) is 0 Å². The van der Waals surface area contributed by atoms with Gasteiger partial charge >= 0.3 is 0 Å². The minimum absolute atomic E-state index is 0. The van der Waals surface area contributed by atoms with E-state index in [1.54, 1.807) is 0 Å². The summed E-state index contributed by atoms with van der Waals surface area (Å²) < 4.78 is 0. The predicted molar refractivity (Wildman–Crippen MR) is 208 cm³/mol. The molecule has 0 unspecified atom stereocenters. The van der Waals surface area contributed by atoms with Crippen LogP contribution in [0.15, 0.2) is 95.0 Å². The first-order valence-corrected chi connectivity index (χ1v) is 19.0. The quantitative estimate of drug-likeness (QED) is 0.0399. The molecule has 0 heterocycles. The van der Waals surface area contributed by atoms with E-state index >= 15 is 0 Å². The van der Waals surface area contributed by atoms with Crippen molar-refractivity contribution >= 4 is 22.8 Å². The van der Waals surface area contributed by atoms with Crippen LogP contribution >= 0.6 is 0 Å². The second-order valence-corrected chi connectivity index (χ2v) is 12.7. The Kier molecular flexibility index (Phi) is 27.0. The minimum Gasteiger partial charge on any atom is -0.251 e. The summed E-state index contributed by atoms with van der Waals surface area (Å²) in [5.41, 5.74) is 7.04. The summed E-state index contributed by atoms with van der Waals surface area (Å²) >= 11 is 0. The molecule has 2 rings (SSSR count). The summed E-state index contributed by atoms with van der Waals surface area (Å²) in [7, 11) is 0. The first-order chi connectivity index (χ1) is 22.7. The monoisotopic (exact) mass is 728 g/mol. The Morgan fingerprint density at radius 3 is 1.47 bits per heavy atom.